The lowest BCUT2D eigenvalue weighted by Crippen LogP contribution is -1.96. The lowest BCUT2D eigenvalue weighted by Gasteiger charge is -1.98. The second-order valence-electron chi connectivity index (χ2n) is 2.17. The van der Waals surface area contributed by atoms with Crippen molar-refractivity contribution < 1.29 is 13.2 Å². The van der Waals surface area contributed by atoms with Crippen molar-refractivity contribution >= 4 is 0 Å². The number of hydrogen-bond acceptors (Lipinski definition) is 1. The lowest BCUT2D eigenvalue weighted by molar-refractivity contribution is 0.442. The van der Waals surface area contributed by atoms with Crippen LogP contribution in [0.5, 0.6) is 0 Å². The molecule has 0 aliphatic carbocycles. The molecule has 12 heavy (non-hydrogen) atoms. The van der Waals surface area contributed by atoms with Gasteiger partial charge in [-0.2, -0.15) is 5.26 Å². The van der Waals surface area contributed by atoms with Crippen LogP contribution < -0.4 is 0 Å². The third-order valence-corrected chi connectivity index (χ3v) is 1.38. The summed E-state index contributed by atoms with van der Waals surface area (Å²) < 4.78 is 37.4. The Morgan fingerprint density at radius 2 is 1.83 bits per heavy atom. The molecule has 0 aromatic heterocycles. The second kappa shape index (κ2) is 3.26. The van der Waals surface area contributed by atoms with Crippen molar-refractivity contribution in [3.8, 4) is 6.07 Å². The summed E-state index contributed by atoms with van der Waals surface area (Å²) in [6.45, 7) is 0. The van der Waals surface area contributed by atoms with Gasteiger partial charge in [-0.15, -0.1) is 0 Å². The fourth-order valence-electron chi connectivity index (χ4n) is 0.788. The predicted octanol–water partition coefficient (Wildman–Crippen LogP) is 2.17. The molecular formula is C8H4F3N. The van der Waals surface area contributed by atoms with Gasteiger partial charge >= 0.3 is 0 Å². The Hall–Kier alpha value is -1.50. The summed E-state index contributed by atoms with van der Waals surface area (Å²) in [6.07, 6.45) is -0.261. The van der Waals surface area contributed by atoms with E-state index in [1.807, 2.05) is 0 Å². The van der Waals surface area contributed by atoms with E-state index in [2.05, 4.69) is 0 Å². The van der Waals surface area contributed by atoms with Gasteiger partial charge in [0.25, 0.3) is 0 Å². The molecule has 0 unspecified atom stereocenters. The van der Waals surface area contributed by atoms with Gasteiger partial charge in [-0.1, -0.05) is 6.07 Å². The number of nitrogens with zero attached hydrogens (tertiary/aromatic N) is 1. The summed E-state index contributed by atoms with van der Waals surface area (Å²) in [7, 11) is 0. The monoisotopic (exact) mass is 171 g/mol. The van der Waals surface area contributed by atoms with Crippen LogP contribution >= 0.6 is 0 Å². The molecule has 1 nitrogen and oxygen atoms in total. The number of benzene rings is 1. The highest BCUT2D eigenvalue weighted by Gasteiger charge is 2.12. The van der Waals surface area contributed by atoms with Crippen LogP contribution in [0.1, 0.15) is 5.56 Å². The number of rotatable bonds is 1. The van der Waals surface area contributed by atoms with Gasteiger partial charge in [0.05, 0.1) is 12.5 Å². The van der Waals surface area contributed by atoms with Crippen molar-refractivity contribution in [3.05, 3.63) is 35.1 Å². The van der Waals surface area contributed by atoms with Crippen LogP contribution in [0.15, 0.2) is 12.1 Å². The molecule has 0 aliphatic rings. The predicted molar refractivity (Wildman–Crippen MR) is 35.6 cm³/mol. The number of halogens is 3. The van der Waals surface area contributed by atoms with Gasteiger partial charge in [0.2, 0.25) is 0 Å². The van der Waals surface area contributed by atoms with Crippen molar-refractivity contribution in [1.82, 2.24) is 0 Å². The molecule has 0 saturated heterocycles. The largest absolute Gasteiger partial charge is 0.204 e. The summed E-state index contributed by atoms with van der Waals surface area (Å²) in [5.41, 5.74) is -0.128. The maximum absolute atomic E-state index is 12.7. The van der Waals surface area contributed by atoms with E-state index in [0.717, 1.165) is 12.1 Å². The molecule has 0 radical (unpaired) electrons. The molecule has 0 aliphatic heterocycles. The highest BCUT2D eigenvalue weighted by Crippen LogP contribution is 2.14. The summed E-state index contributed by atoms with van der Waals surface area (Å²) in [6, 6.07) is 3.49. The minimum absolute atomic E-state index is 0.128. The van der Waals surface area contributed by atoms with Gasteiger partial charge < -0.3 is 0 Å². The first-order valence-electron chi connectivity index (χ1n) is 3.16. The minimum Gasteiger partial charge on any atom is -0.204 e. The van der Waals surface area contributed by atoms with Crippen molar-refractivity contribution in [2.45, 2.75) is 6.42 Å². The molecule has 0 bridgehead atoms. The molecule has 0 atom stereocenters. The smallest absolute Gasteiger partial charge is 0.194 e. The summed E-state index contributed by atoms with van der Waals surface area (Å²) >= 11 is 0. The Kier molecular flexibility index (Phi) is 2.34. The zero-order valence-corrected chi connectivity index (χ0v) is 5.94. The Bertz CT molecular complexity index is 341. The van der Waals surface area contributed by atoms with Gasteiger partial charge in [-0.3, -0.25) is 0 Å². The van der Waals surface area contributed by atoms with Crippen LogP contribution in [-0.4, -0.2) is 0 Å². The molecular weight excluding hydrogens is 167 g/mol. The fourth-order valence-corrected chi connectivity index (χ4v) is 0.788. The summed E-state index contributed by atoms with van der Waals surface area (Å²) in [5, 5.41) is 8.17. The first-order valence-corrected chi connectivity index (χ1v) is 3.16. The van der Waals surface area contributed by atoms with E-state index < -0.39 is 17.5 Å². The molecule has 4 heteroatoms. The SMILES string of the molecule is N#CCc1ccc(F)c(F)c1F. The third-order valence-electron chi connectivity index (χ3n) is 1.38. The zero-order valence-electron chi connectivity index (χ0n) is 5.94. The molecule has 1 rings (SSSR count). The summed E-state index contributed by atoms with van der Waals surface area (Å²) in [5.74, 6) is -4.05. The molecule has 0 saturated carbocycles. The van der Waals surface area contributed by atoms with E-state index in [9.17, 15) is 13.2 Å². The van der Waals surface area contributed by atoms with Crippen LogP contribution in [0.3, 0.4) is 0 Å². The zero-order chi connectivity index (χ0) is 9.14. The Morgan fingerprint density at radius 3 is 2.42 bits per heavy atom. The third kappa shape index (κ3) is 1.40. The average Bonchev–Trinajstić information content (AvgIpc) is 2.07. The van der Waals surface area contributed by atoms with Crippen LogP contribution in [-0.2, 0) is 6.42 Å². The minimum atomic E-state index is -1.53. The van der Waals surface area contributed by atoms with Gasteiger partial charge in [0.15, 0.2) is 17.5 Å². The fraction of sp³-hybridized carbons (Fsp3) is 0.125. The maximum Gasteiger partial charge on any atom is 0.194 e. The normalized spacial score (nSPS) is 9.50. The van der Waals surface area contributed by atoms with E-state index >= 15 is 0 Å². The average molecular weight is 171 g/mol. The second-order valence-corrected chi connectivity index (χ2v) is 2.17. The Balaban J connectivity index is 3.19. The van der Waals surface area contributed by atoms with Crippen molar-refractivity contribution in [1.29, 1.82) is 5.26 Å². The molecule has 1 aromatic carbocycles. The first-order chi connectivity index (χ1) is 5.66. The van der Waals surface area contributed by atoms with Crippen LogP contribution in [0, 0.1) is 28.8 Å². The Labute approximate surface area is 67.1 Å². The van der Waals surface area contributed by atoms with Crippen molar-refractivity contribution in [3.63, 3.8) is 0 Å². The molecule has 0 N–H and O–H groups in total. The van der Waals surface area contributed by atoms with Crippen LogP contribution in [0.2, 0.25) is 0 Å². The highest BCUT2D eigenvalue weighted by molar-refractivity contribution is 5.22. The highest BCUT2D eigenvalue weighted by atomic mass is 19.2. The lowest BCUT2D eigenvalue weighted by atomic mass is 10.1. The van der Waals surface area contributed by atoms with Crippen molar-refractivity contribution in [2.24, 2.45) is 0 Å². The molecule has 0 amide bonds. The first kappa shape index (κ1) is 8.60. The van der Waals surface area contributed by atoms with Crippen molar-refractivity contribution in [2.75, 3.05) is 0 Å². The van der Waals surface area contributed by atoms with Gasteiger partial charge in [-0.05, 0) is 6.07 Å². The van der Waals surface area contributed by atoms with Gasteiger partial charge in [-0.25, -0.2) is 13.2 Å². The van der Waals surface area contributed by atoms with E-state index in [4.69, 9.17) is 5.26 Å². The topological polar surface area (TPSA) is 23.8 Å². The standard InChI is InChI=1S/C8H4F3N/c9-6-2-1-5(3-4-12)7(10)8(6)11/h1-2H,3H2. The molecule has 0 spiro atoms. The quantitative estimate of drug-likeness (QED) is 0.594. The van der Waals surface area contributed by atoms with E-state index in [1.165, 1.54) is 0 Å². The maximum atomic E-state index is 12.7. The molecule has 62 valence electrons. The summed E-state index contributed by atoms with van der Waals surface area (Å²) in [4.78, 5) is 0. The molecule has 1 aromatic rings. The van der Waals surface area contributed by atoms with Crippen LogP contribution in [0.25, 0.3) is 0 Å². The molecule has 0 fully saturated rings. The van der Waals surface area contributed by atoms with E-state index in [1.54, 1.807) is 6.07 Å². The van der Waals surface area contributed by atoms with Gasteiger partial charge in [0.1, 0.15) is 0 Å². The Morgan fingerprint density at radius 1 is 1.17 bits per heavy atom. The van der Waals surface area contributed by atoms with Crippen LogP contribution in [0.4, 0.5) is 13.2 Å². The number of nitriles is 1. The van der Waals surface area contributed by atoms with Gasteiger partial charge in [0, 0.05) is 5.56 Å². The van der Waals surface area contributed by atoms with E-state index in [0.29, 0.717) is 0 Å². The van der Waals surface area contributed by atoms with E-state index in [-0.39, 0.29) is 12.0 Å². The molecule has 0 heterocycles. The number of hydrogen-bond donors (Lipinski definition) is 0.